The van der Waals surface area contributed by atoms with Gasteiger partial charge in [-0.3, -0.25) is 25.8 Å². The number of hydrazine groups is 1. The lowest BCUT2D eigenvalue weighted by Crippen LogP contribution is -2.47. The van der Waals surface area contributed by atoms with Crippen LogP contribution in [0.15, 0.2) is 33.5 Å². The van der Waals surface area contributed by atoms with Crippen LogP contribution in [0.25, 0.3) is 11.0 Å². The molecule has 3 N–H and O–H groups in total. The Morgan fingerprint density at radius 3 is 2.54 bits per heavy atom. The second-order valence-electron chi connectivity index (χ2n) is 5.79. The molecule has 1 aromatic carbocycles. The van der Waals surface area contributed by atoms with Gasteiger partial charge in [0.05, 0.1) is 11.0 Å². The average molecular weight is 332 g/mol. The first-order valence-electron chi connectivity index (χ1n) is 7.41. The summed E-state index contributed by atoms with van der Waals surface area (Å²) < 4.78 is 5.10. The van der Waals surface area contributed by atoms with E-state index in [0.717, 1.165) is 0 Å². The van der Waals surface area contributed by atoms with Crippen molar-refractivity contribution in [2.45, 2.75) is 32.0 Å². The molecular weight excluding hydrogens is 316 g/mol. The second-order valence-corrected chi connectivity index (χ2v) is 5.79. The number of amides is 1. The molecule has 9 heteroatoms. The van der Waals surface area contributed by atoms with E-state index in [1.807, 2.05) is 13.8 Å². The number of fused-ring (bicyclic) bond motifs is 1. The van der Waals surface area contributed by atoms with Gasteiger partial charge in [0.15, 0.2) is 0 Å². The van der Waals surface area contributed by atoms with E-state index in [0.29, 0.717) is 5.39 Å². The van der Waals surface area contributed by atoms with Gasteiger partial charge in [0, 0.05) is 29.6 Å². The van der Waals surface area contributed by atoms with Crippen LogP contribution < -0.4 is 21.8 Å². The Labute approximate surface area is 136 Å². The van der Waals surface area contributed by atoms with Gasteiger partial charge in [-0.15, -0.1) is 0 Å². The number of non-ortho nitro benzene ring substituents is 1. The highest BCUT2D eigenvalue weighted by Crippen LogP contribution is 2.20. The topological polar surface area (TPSA) is 127 Å². The lowest BCUT2D eigenvalue weighted by molar-refractivity contribution is -0.384. The van der Waals surface area contributed by atoms with Gasteiger partial charge in [0.1, 0.15) is 11.1 Å². The van der Waals surface area contributed by atoms with Gasteiger partial charge in [-0.25, -0.2) is 4.79 Å². The summed E-state index contributed by atoms with van der Waals surface area (Å²) in [6.45, 7) is 3.79. The van der Waals surface area contributed by atoms with Crippen molar-refractivity contribution >= 4 is 22.6 Å². The molecule has 3 rings (SSSR count). The maximum Gasteiger partial charge on any atom is 0.349 e. The standard InChI is InChI=1S/C15H16N4O5/c1-7-13(8(2)18-17-7)16-14(20)11-6-9-5-10(19(22)23)3-4-12(9)24-15(11)21/h3-8,13,17-18H,1-2H3,(H,16,20). The minimum atomic E-state index is -0.784. The molecular formula is C15H16N4O5. The number of benzene rings is 1. The van der Waals surface area contributed by atoms with Crippen LogP contribution in [0.4, 0.5) is 5.69 Å². The highest BCUT2D eigenvalue weighted by Gasteiger charge is 2.31. The van der Waals surface area contributed by atoms with Crippen molar-refractivity contribution in [3.8, 4) is 0 Å². The van der Waals surface area contributed by atoms with Crippen molar-refractivity contribution in [1.82, 2.24) is 16.2 Å². The third kappa shape index (κ3) is 2.86. The monoisotopic (exact) mass is 332 g/mol. The lowest BCUT2D eigenvalue weighted by atomic mass is 10.1. The molecule has 1 fully saturated rings. The molecule has 0 bridgehead atoms. The van der Waals surface area contributed by atoms with Gasteiger partial charge in [-0.05, 0) is 26.0 Å². The summed E-state index contributed by atoms with van der Waals surface area (Å²) in [7, 11) is 0. The van der Waals surface area contributed by atoms with E-state index in [4.69, 9.17) is 4.42 Å². The van der Waals surface area contributed by atoms with Gasteiger partial charge >= 0.3 is 5.63 Å². The molecule has 2 unspecified atom stereocenters. The number of nitrogens with one attached hydrogen (secondary N) is 3. The van der Waals surface area contributed by atoms with Crippen LogP contribution in [0.5, 0.6) is 0 Å². The van der Waals surface area contributed by atoms with Gasteiger partial charge in [-0.1, -0.05) is 0 Å². The van der Waals surface area contributed by atoms with E-state index in [2.05, 4.69) is 16.2 Å². The van der Waals surface area contributed by atoms with Gasteiger partial charge in [0.25, 0.3) is 11.6 Å². The summed E-state index contributed by atoms with van der Waals surface area (Å²) in [5, 5.41) is 13.9. The smallest absolute Gasteiger partial charge is 0.349 e. The van der Waals surface area contributed by atoms with Crippen molar-refractivity contribution in [2.75, 3.05) is 0 Å². The predicted octanol–water partition coefficient (Wildman–Crippen LogP) is 0.684. The minimum absolute atomic E-state index is 0.0162. The van der Waals surface area contributed by atoms with Crippen LogP contribution in [0.3, 0.4) is 0 Å². The number of hydrogen-bond donors (Lipinski definition) is 3. The molecule has 1 aromatic heterocycles. The molecule has 2 heterocycles. The van der Waals surface area contributed by atoms with Crippen molar-refractivity contribution in [3.05, 3.63) is 50.4 Å². The van der Waals surface area contributed by atoms with Crippen LogP contribution in [-0.4, -0.2) is 29.0 Å². The summed E-state index contributed by atoms with van der Waals surface area (Å²) >= 11 is 0. The Kier molecular flexibility index (Phi) is 4.04. The number of rotatable bonds is 3. The molecule has 9 nitrogen and oxygen atoms in total. The maximum absolute atomic E-state index is 12.4. The van der Waals surface area contributed by atoms with Crippen LogP contribution in [0.2, 0.25) is 0 Å². The average Bonchev–Trinajstić information content (AvgIpc) is 2.85. The quantitative estimate of drug-likeness (QED) is 0.428. The first-order chi connectivity index (χ1) is 11.4. The fourth-order valence-corrected chi connectivity index (χ4v) is 2.74. The zero-order valence-corrected chi connectivity index (χ0v) is 13.0. The number of nitrogens with zero attached hydrogens (tertiary/aromatic N) is 1. The normalized spacial score (nSPS) is 23.3. The number of hydrogen-bond acceptors (Lipinski definition) is 7. The molecule has 0 saturated carbocycles. The zero-order chi connectivity index (χ0) is 17.4. The van der Waals surface area contributed by atoms with Gasteiger partial charge in [0.2, 0.25) is 0 Å². The molecule has 1 aliphatic rings. The molecule has 1 amide bonds. The molecule has 0 radical (unpaired) electrons. The Balaban J connectivity index is 1.96. The summed E-state index contributed by atoms with van der Waals surface area (Å²) in [4.78, 5) is 34.8. The summed E-state index contributed by atoms with van der Waals surface area (Å²) in [6.07, 6.45) is 0. The maximum atomic E-state index is 12.4. The largest absolute Gasteiger partial charge is 0.422 e. The molecule has 1 aliphatic heterocycles. The van der Waals surface area contributed by atoms with Gasteiger partial charge < -0.3 is 9.73 Å². The van der Waals surface area contributed by atoms with Crippen LogP contribution in [-0.2, 0) is 0 Å². The van der Waals surface area contributed by atoms with E-state index in [1.54, 1.807) is 0 Å². The van der Waals surface area contributed by atoms with Crippen molar-refractivity contribution < 1.29 is 14.1 Å². The van der Waals surface area contributed by atoms with Gasteiger partial charge in [-0.2, -0.15) is 0 Å². The summed E-state index contributed by atoms with van der Waals surface area (Å²) in [5.41, 5.74) is 5.07. The Morgan fingerprint density at radius 2 is 1.92 bits per heavy atom. The van der Waals surface area contributed by atoms with E-state index in [9.17, 15) is 19.7 Å². The first kappa shape index (κ1) is 16.1. The Bertz CT molecular complexity index is 868. The van der Waals surface area contributed by atoms with Crippen molar-refractivity contribution in [3.63, 3.8) is 0 Å². The molecule has 0 aliphatic carbocycles. The highest BCUT2D eigenvalue weighted by atomic mass is 16.6. The summed E-state index contributed by atoms with van der Waals surface area (Å²) in [5.74, 6) is -0.577. The van der Waals surface area contributed by atoms with Crippen molar-refractivity contribution in [2.24, 2.45) is 0 Å². The molecule has 2 atom stereocenters. The summed E-state index contributed by atoms with van der Waals surface area (Å²) in [6, 6.07) is 4.91. The zero-order valence-electron chi connectivity index (χ0n) is 13.0. The Morgan fingerprint density at radius 1 is 1.25 bits per heavy atom. The molecule has 24 heavy (non-hydrogen) atoms. The third-order valence-corrected chi connectivity index (χ3v) is 4.09. The highest BCUT2D eigenvalue weighted by molar-refractivity contribution is 5.97. The fourth-order valence-electron chi connectivity index (χ4n) is 2.74. The predicted molar refractivity (Wildman–Crippen MR) is 85.6 cm³/mol. The van der Waals surface area contributed by atoms with Crippen LogP contribution in [0.1, 0.15) is 24.2 Å². The van der Waals surface area contributed by atoms with E-state index < -0.39 is 16.5 Å². The van der Waals surface area contributed by atoms with Crippen LogP contribution in [0, 0.1) is 10.1 Å². The fraction of sp³-hybridized carbons (Fsp3) is 0.333. The lowest BCUT2D eigenvalue weighted by Gasteiger charge is -2.19. The SMILES string of the molecule is CC1NNC(C)C1NC(=O)c1cc2cc([N+](=O)[O-])ccc2oc1=O. The third-order valence-electron chi connectivity index (χ3n) is 4.09. The number of carbonyl (C=O) groups is 1. The van der Waals surface area contributed by atoms with E-state index >= 15 is 0 Å². The number of nitro groups is 1. The van der Waals surface area contributed by atoms with Crippen LogP contribution >= 0.6 is 0 Å². The Hall–Kier alpha value is -2.78. The number of carbonyl (C=O) groups excluding carboxylic acids is 1. The molecule has 0 spiro atoms. The van der Waals surface area contributed by atoms with E-state index in [-0.39, 0.29) is 35.0 Å². The van der Waals surface area contributed by atoms with E-state index in [1.165, 1.54) is 24.3 Å². The number of nitro benzene ring substituents is 1. The minimum Gasteiger partial charge on any atom is -0.422 e. The first-order valence-corrected chi connectivity index (χ1v) is 7.41. The molecule has 126 valence electrons. The molecule has 1 saturated heterocycles. The van der Waals surface area contributed by atoms with Crippen molar-refractivity contribution in [1.29, 1.82) is 0 Å². The second kappa shape index (κ2) is 6.02. The molecule has 2 aromatic rings.